The topological polar surface area (TPSA) is 87.0 Å². The lowest BCUT2D eigenvalue weighted by molar-refractivity contribution is 0.116. The van der Waals surface area contributed by atoms with Crippen LogP contribution in [0.15, 0.2) is 0 Å². The van der Waals surface area contributed by atoms with Gasteiger partial charge in [0.05, 0.1) is 51.8 Å². The second-order valence-corrected chi connectivity index (χ2v) is 31.4. The maximum absolute atomic E-state index is 6.62. The first-order chi connectivity index (χ1) is 17.7. The van der Waals surface area contributed by atoms with E-state index in [1.165, 1.54) is 12.1 Å². The summed E-state index contributed by atoms with van der Waals surface area (Å²) in [5.74, 6) is 0. The van der Waals surface area contributed by atoms with Crippen molar-refractivity contribution in [2.45, 2.75) is 114 Å². The highest BCUT2D eigenvalue weighted by Crippen LogP contribution is 2.31. The Morgan fingerprint density at radius 2 is 0.816 bits per heavy atom. The molecule has 4 heterocycles. The smallest absolute Gasteiger partial charge is 0.176 e. The predicted octanol–water partition coefficient (Wildman–Crippen LogP) is 5.24. The van der Waals surface area contributed by atoms with E-state index >= 15 is 0 Å². The average molecular weight is 609 g/mol. The van der Waals surface area contributed by atoms with Gasteiger partial charge in [0, 0.05) is 13.2 Å². The number of hydrogen-bond acceptors (Lipinski definition) is 8. The van der Waals surface area contributed by atoms with Crippen molar-refractivity contribution in [1.29, 1.82) is 0 Å². The molecule has 0 aromatic rings. The molecule has 4 aliphatic heterocycles. The Balaban J connectivity index is 0.000000230. The van der Waals surface area contributed by atoms with Gasteiger partial charge in [-0.05, 0) is 89.4 Å². The number of hydrogen-bond donors (Lipinski definition) is 0. The Morgan fingerprint density at radius 1 is 0.500 bits per heavy atom. The molecule has 0 bridgehead atoms. The Morgan fingerprint density at radius 3 is 1.13 bits per heavy atom. The van der Waals surface area contributed by atoms with E-state index in [2.05, 4.69) is 52.4 Å². The summed E-state index contributed by atoms with van der Waals surface area (Å²) >= 11 is 0. The minimum absolute atomic E-state index is 0.372. The van der Waals surface area contributed by atoms with Crippen LogP contribution in [0, 0.1) is 0 Å². The molecule has 0 radical (unpaired) electrons. The van der Waals surface area contributed by atoms with Gasteiger partial charge < -0.3 is 36.7 Å². The summed E-state index contributed by atoms with van der Waals surface area (Å²) < 4.78 is 45.2. The van der Waals surface area contributed by atoms with Crippen LogP contribution in [-0.4, -0.2) is 111 Å². The fourth-order valence-electron chi connectivity index (χ4n) is 5.11. The first-order valence-corrected chi connectivity index (χ1v) is 27.2. The predicted molar refractivity (Wildman–Crippen MR) is 161 cm³/mol. The first kappa shape index (κ1) is 33.1. The van der Waals surface area contributed by atoms with Crippen LogP contribution in [0.4, 0.5) is 0 Å². The van der Waals surface area contributed by atoms with E-state index in [-0.39, 0.29) is 0 Å². The molecule has 0 aliphatic carbocycles. The van der Waals surface area contributed by atoms with Crippen LogP contribution in [-0.2, 0) is 36.7 Å². The van der Waals surface area contributed by atoms with Crippen LogP contribution in [0.2, 0.25) is 76.6 Å². The number of rotatable bonds is 20. The molecule has 4 saturated heterocycles. The minimum atomic E-state index is -1.59. The van der Waals surface area contributed by atoms with Crippen molar-refractivity contribution in [2.75, 3.05) is 52.9 Å². The van der Waals surface area contributed by atoms with Crippen LogP contribution >= 0.6 is 0 Å². The molecule has 0 aromatic carbocycles. The minimum Gasteiger partial charge on any atom is -0.455 e. The van der Waals surface area contributed by atoms with E-state index < -0.39 is 33.3 Å². The Kier molecular flexibility index (Phi) is 12.7. The third-order valence-corrected chi connectivity index (χ3v) is 21.7. The van der Waals surface area contributed by atoms with E-state index in [1.807, 2.05) is 0 Å². The Bertz CT molecular complexity index is 637. The lowest BCUT2D eigenvalue weighted by Crippen LogP contribution is -2.45. The molecule has 4 atom stereocenters. The van der Waals surface area contributed by atoms with E-state index in [4.69, 9.17) is 36.7 Å². The first-order valence-electron chi connectivity index (χ1n) is 14.7. The fraction of sp³-hybridized carbons (Fsp3) is 1.00. The fourth-order valence-corrected chi connectivity index (χ4v) is 23.2. The quantitative estimate of drug-likeness (QED) is 0.105. The van der Waals surface area contributed by atoms with Crippen molar-refractivity contribution in [1.82, 2.24) is 0 Å². The van der Waals surface area contributed by atoms with Crippen molar-refractivity contribution in [2.24, 2.45) is 0 Å². The van der Waals surface area contributed by atoms with Crippen molar-refractivity contribution in [3.05, 3.63) is 0 Å². The molecule has 38 heavy (non-hydrogen) atoms. The van der Waals surface area contributed by atoms with E-state index in [1.54, 1.807) is 0 Å². The molecular formula is C26H56O8Si4. The van der Waals surface area contributed by atoms with Crippen LogP contribution < -0.4 is 0 Å². The monoisotopic (exact) mass is 608 g/mol. The van der Waals surface area contributed by atoms with Gasteiger partial charge in [-0.15, -0.1) is 0 Å². The molecule has 4 unspecified atom stereocenters. The van der Waals surface area contributed by atoms with E-state index in [0.29, 0.717) is 24.4 Å². The SMILES string of the molecule is C[Si](C)(CC1CO1)O[Si](C)(C)CC1CO1.C[Si](C)(CCCOCC1CO1)O[Si](C)(C)CCCOCC1CO1. The Labute approximate surface area is 236 Å². The van der Waals surface area contributed by atoms with Crippen molar-refractivity contribution in [3.8, 4) is 0 Å². The van der Waals surface area contributed by atoms with Crippen molar-refractivity contribution in [3.63, 3.8) is 0 Å². The normalized spacial score (nSPS) is 26.5. The van der Waals surface area contributed by atoms with E-state index in [9.17, 15) is 0 Å². The van der Waals surface area contributed by atoms with Crippen molar-refractivity contribution >= 4 is 33.3 Å². The van der Waals surface area contributed by atoms with Gasteiger partial charge in [-0.3, -0.25) is 0 Å². The van der Waals surface area contributed by atoms with E-state index in [0.717, 1.165) is 77.8 Å². The third-order valence-electron chi connectivity index (χ3n) is 6.90. The molecule has 0 aromatic heterocycles. The summed E-state index contributed by atoms with van der Waals surface area (Å²) in [5, 5.41) is 0. The summed E-state index contributed by atoms with van der Waals surface area (Å²) in [5.41, 5.74) is 0. The van der Waals surface area contributed by atoms with Gasteiger partial charge in [-0.2, -0.15) is 0 Å². The molecule has 12 heteroatoms. The molecule has 0 amide bonds. The molecule has 224 valence electrons. The molecule has 4 aliphatic rings. The van der Waals surface area contributed by atoms with Gasteiger partial charge in [-0.25, -0.2) is 0 Å². The zero-order valence-corrected chi connectivity index (χ0v) is 29.5. The highest BCUT2D eigenvalue weighted by atomic mass is 28.4. The lowest BCUT2D eigenvalue weighted by Gasteiger charge is -2.34. The molecule has 8 nitrogen and oxygen atoms in total. The number of ether oxygens (including phenoxy) is 6. The van der Waals surface area contributed by atoms with Crippen molar-refractivity contribution < 1.29 is 36.7 Å². The summed E-state index contributed by atoms with van der Waals surface area (Å²) in [4.78, 5) is 0. The molecule has 4 fully saturated rings. The third kappa shape index (κ3) is 16.7. The van der Waals surface area contributed by atoms with Gasteiger partial charge in [0.1, 0.15) is 12.2 Å². The highest BCUT2D eigenvalue weighted by Gasteiger charge is 2.41. The zero-order valence-electron chi connectivity index (χ0n) is 25.5. The molecular weight excluding hydrogens is 553 g/mol. The van der Waals surface area contributed by atoms with Gasteiger partial charge in [0.15, 0.2) is 33.3 Å². The van der Waals surface area contributed by atoms with Crippen LogP contribution in [0.25, 0.3) is 0 Å². The van der Waals surface area contributed by atoms with Gasteiger partial charge in [0.25, 0.3) is 0 Å². The van der Waals surface area contributed by atoms with Gasteiger partial charge in [0.2, 0.25) is 0 Å². The second-order valence-electron chi connectivity index (χ2n) is 13.8. The summed E-state index contributed by atoms with van der Waals surface area (Å²) in [6.07, 6.45) is 3.96. The molecule has 0 N–H and O–H groups in total. The lowest BCUT2D eigenvalue weighted by atomic mass is 10.5. The summed E-state index contributed by atoms with van der Waals surface area (Å²) in [6, 6.07) is 4.67. The molecule has 0 spiro atoms. The molecule has 4 rings (SSSR count). The second kappa shape index (κ2) is 14.6. The van der Waals surface area contributed by atoms with Crippen LogP contribution in [0.3, 0.4) is 0 Å². The van der Waals surface area contributed by atoms with Crippen LogP contribution in [0.5, 0.6) is 0 Å². The maximum Gasteiger partial charge on any atom is 0.176 e. The summed E-state index contributed by atoms with van der Waals surface area (Å²) in [6.45, 7) is 25.5. The highest BCUT2D eigenvalue weighted by molar-refractivity contribution is 6.85. The Hall–Kier alpha value is 0.548. The largest absolute Gasteiger partial charge is 0.455 e. The average Bonchev–Trinajstić information content (AvgIpc) is 3.57. The standard InChI is InChI=1S/C16H34O5Si2.C10H22O3Si2/c1-22(2,9-5-7-17-11-15-13-19-15)21-23(3,4)10-6-8-18-12-16-14-20-16;1-14(2,7-9-5-11-9)13-15(3,4)8-10-6-12-10/h15-16H,5-14H2,1-4H3;9-10H,5-8H2,1-4H3. The zero-order chi connectivity index (χ0) is 27.9. The maximum atomic E-state index is 6.62. The van der Waals surface area contributed by atoms with Crippen LogP contribution in [0.1, 0.15) is 12.8 Å². The van der Waals surface area contributed by atoms with Gasteiger partial charge in [-0.1, -0.05) is 0 Å². The molecule has 0 saturated carbocycles. The summed E-state index contributed by atoms with van der Waals surface area (Å²) in [7, 11) is -6.17. The number of epoxide rings is 4. The van der Waals surface area contributed by atoms with Gasteiger partial charge >= 0.3 is 0 Å².